The van der Waals surface area contributed by atoms with Gasteiger partial charge in [-0.1, -0.05) is 303 Å². The summed E-state index contributed by atoms with van der Waals surface area (Å²) in [7, 11) is 0. The van der Waals surface area contributed by atoms with Gasteiger partial charge in [0.2, 0.25) is 0 Å². The first-order valence-electron chi connectivity index (χ1n) is 47.8. The molecule has 0 atom stereocenters. The van der Waals surface area contributed by atoms with E-state index in [0.29, 0.717) is 0 Å². The SMILES string of the molecule is c1ccc2c(c1)sc1cc(-c3c4ccccc4c(-c4ccc5oc6ccc7sc8ccccc8c7c6c5c4)c4ccccc34)ccc12.c1ccc2c(c1)sc1ccc(-c3c4ccccc4c(-c4ccc5oc6ccc7sc8ccccc8c7c6c5c4)c4ccccc34)cc12.c1ccc2c(c1)sc1cccc(-c3c4ccccc4c(-c4ccc5oc6ccc7sc8ccccc8c7c6c5c4)c4ccccc34)c12. The van der Waals surface area contributed by atoms with Gasteiger partial charge in [-0.2, -0.15) is 0 Å². The van der Waals surface area contributed by atoms with Crippen LogP contribution < -0.4 is 0 Å². The zero-order valence-corrected chi connectivity index (χ0v) is 80.1. The summed E-state index contributed by atoms with van der Waals surface area (Å²) in [6.07, 6.45) is 0. The van der Waals surface area contributed by atoms with Crippen LogP contribution in [0.2, 0.25) is 0 Å². The number of thiophene rings is 6. The number of furan rings is 3. The average molecular weight is 1900 g/mol. The summed E-state index contributed by atoms with van der Waals surface area (Å²) in [4.78, 5) is 0. The molecule has 9 heteroatoms. The fraction of sp³-hybridized carbons (Fsp3) is 0. The van der Waals surface area contributed by atoms with E-state index in [1.165, 1.54) is 285 Å². The summed E-state index contributed by atoms with van der Waals surface area (Å²) in [5.41, 5.74) is 20.7. The predicted octanol–water partition coefficient (Wildman–Crippen LogP) is 41.9. The minimum atomic E-state index is 0.924. The smallest absolute Gasteiger partial charge is 0.136 e. The van der Waals surface area contributed by atoms with Crippen LogP contribution in [0, 0.1) is 0 Å². The van der Waals surface area contributed by atoms with Gasteiger partial charge in [0.1, 0.15) is 33.5 Å². The van der Waals surface area contributed by atoms with Gasteiger partial charge >= 0.3 is 0 Å². The molecule has 0 amide bonds. The molecule has 0 saturated heterocycles. The molecule has 0 radical (unpaired) electrons. The van der Waals surface area contributed by atoms with E-state index in [9.17, 15) is 0 Å². The Kier molecular flexibility index (Phi) is 17.5. The molecule has 0 saturated carbocycles. The van der Waals surface area contributed by atoms with Crippen LogP contribution in [0.15, 0.2) is 450 Å². The van der Waals surface area contributed by atoms with Crippen LogP contribution in [0.4, 0.5) is 0 Å². The van der Waals surface area contributed by atoms with E-state index in [1.807, 2.05) is 68.0 Å². The topological polar surface area (TPSA) is 39.4 Å². The van der Waals surface area contributed by atoms with E-state index in [2.05, 4.69) is 437 Å². The molecule has 0 aliphatic rings. The monoisotopic (exact) mass is 1900 g/mol. The van der Waals surface area contributed by atoms with Gasteiger partial charge in [0.15, 0.2) is 0 Å². The third-order valence-corrected chi connectivity index (χ3v) is 36.4. The van der Waals surface area contributed by atoms with Crippen LogP contribution in [-0.4, -0.2) is 0 Å². The van der Waals surface area contributed by atoms with Crippen LogP contribution in [0.5, 0.6) is 0 Å². The molecule has 24 aromatic carbocycles. The number of rotatable bonds is 6. The van der Waals surface area contributed by atoms with E-state index in [-0.39, 0.29) is 0 Å². The molecular formula is C132H72O3S6. The highest BCUT2D eigenvalue weighted by Crippen LogP contribution is 2.56. The standard InChI is InChI=1S/3C44H24OS2/c1-3-12-28-26(10-1)40(25-20-21-34-33(24-25)43-35(45-34)22-23-39-44(43)31-15-6-8-18-37(31)47-39)27-11-2-4-13-29(27)41(28)32-16-9-19-38-42(32)30-14-5-7-17-36(30)46-38;1-3-12-30-28(10-1)41(25-17-19-35-34(24-25)43-36(45-35)20-22-40-44(43)32-14-6-8-16-38(32)47-40)29-11-2-4-13-31(29)42(30)26-18-21-39-33(23-26)27-9-5-7-15-37(27)46-39;1-3-12-31-29(10-1)41(25-18-20-35-34(23-25)43-36(45-35)21-22-39-44(43)33-14-6-8-16-38(33)46-39)30-11-2-4-13-32(30)42(31)26-17-19-28-27-9-5-7-15-37(27)47-40(28)24-26/h3*1-24H. The van der Waals surface area contributed by atoms with Crippen molar-refractivity contribution in [1.82, 2.24) is 0 Å². The van der Waals surface area contributed by atoms with Crippen LogP contribution >= 0.6 is 68.0 Å². The molecule has 9 aromatic heterocycles. The second kappa shape index (κ2) is 31.0. The molecule has 0 spiro atoms. The summed E-state index contributed by atoms with van der Waals surface area (Å²) in [6.45, 7) is 0. The molecule has 0 N–H and O–H groups in total. The molecule has 141 heavy (non-hydrogen) atoms. The first kappa shape index (κ1) is 79.6. The molecular weight excluding hydrogens is 1830 g/mol. The zero-order valence-electron chi connectivity index (χ0n) is 75.2. The highest BCUT2D eigenvalue weighted by molar-refractivity contribution is 7.28. The van der Waals surface area contributed by atoms with E-state index in [1.54, 1.807) is 0 Å². The second-order valence-electron chi connectivity index (χ2n) is 37.1. The molecule has 33 aromatic rings. The average Bonchev–Trinajstić information content (AvgIpc) is 1.69. The van der Waals surface area contributed by atoms with Gasteiger partial charge in [-0.05, 0) is 265 Å². The van der Waals surface area contributed by atoms with Crippen LogP contribution in [0.1, 0.15) is 0 Å². The molecule has 0 bridgehead atoms. The number of hydrogen-bond acceptors (Lipinski definition) is 9. The molecule has 0 unspecified atom stereocenters. The Bertz CT molecular complexity index is 11100. The third-order valence-electron chi connectivity index (χ3n) is 29.6. The van der Waals surface area contributed by atoms with Crippen molar-refractivity contribution in [2.45, 2.75) is 0 Å². The maximum Gasteiger partial charge on any atom is 0.136 e. The molecule has 9 heterocycles. The van der Waals surface area contributed by atoms with Gasteiger partial charge in [0.25, 0.3) is 0 Å². The van der Waals surface area contributed by atoms with Crippen molar-refractivity contribution in [1.29, 1.82) is 0 Å². The molecule has 0 aliphatic carbocycles. The summed E-state index contributed by atoms with van der Waals surface area (Å²) in [6, 6.07) is 160. The minimum absolute atomic E-state index is 0.924. The van der Waals surface area contributed by atoms with Gasteiger partial charge in [-0.15, -0.1) is 68.0 Å². The first-order valence-corrected chi connectivity index (χ1v) is 52.7. The fourth-order valence-corrected chi connectivity index (χ4v) is 30.4. The number of benzene rings is 24. The summed E-state index contributed by atoms with van der Waals surface area (Å²) in [5, 5.41) is 38.0. The van der Waals surface area contributed by atoms with E-state index in [0.717, 1.165) is 33.5 Å². The van der Waals surface area contributed by atoms with Crippen molar-refractivity contribution in [2.75, 3.05) is 0 Å². The largest absolute Gasteiger partial charge is 0.456 e. The lowest BCUT2D eigenvalue weighted by atomic mass is 9.84. The van der Waals surface area contributed by atoms with Crippen LogP contribution in [-0.2, 0) is 0 Å². The fourth-order valence-electron chi connectivity index (χ4n) is 23.7. The minimum Gasteiger partial charge on any atom is -0.456 e. The highest BCUT2D eigenvalue weighted by Gasteiger charge is 2.28. The van der Waals surface area contributed by atoms with E-state index >= 15 is 0 Å². The summed E-state index contributed by atoms with van der Waals surface area (Å²) < 4.78 is 35.2. The zero-order chi connectivity index (χ0) is 91.9. The molecule has 0 aliphatic heterocycles. The van der Waals surface area contributed by atoms with Crippen molar-refractivity contribution in [3.05, 3.63) is 437 Å². The normalized spacial score (nSPS) is 12.3. The van der Waals surface area contributed by atoms with Gasteiger partial charge < -0.3 is 13.3 Å². The number of fused-ring (bicyclic) bond motifs is 36. The lowest BCUT2D eigenvalue weighted by molar-refractivity contribution is 0.669. The third kappa shape index (κ3) is 12.0. The maximum absolute atomic E-state index is 6.50. The van der Waals surface area contributed by atoms with Gasteiger partial charge in [0.05, 0.1) is 0 Å². The van der Waals surface area contributed by atoms with Crippen molar-refractivity contribution in [3.63, 3.8) is 0 Å². The Hall–Kier alpha value is -16.4. The Balaban J connectivity index is 0.0000000972. The molecule has 3 nitrogen and oxygen atoms in total. The van der Waals surface area contributed by atoms with Crippen molar-refractivity contribution < 1.29 is 13.3 Å². The molecule has 33 rings (SSSR count). The Labute approximate surface area is 828 Å². The quantitative estimate of drug-likeness (QED) is 0.156. The van der Waals surface area contributed by atoms with E-state index < -0.39 is 0 Å². The Morgan fingerprint density at radius 2 is 0.326 bits per heavy atom. The lowest BCUT2D eigenvalue weighted by Gasteiger charge is -2.18. The first-order chi connectivity index (χ1) is 69.9. The number of hydrogen-bond donors (Lipinski definition) is 0. The van der Waals surface area contributed by atoms with Crippen molar-refractivity contribution >= 4 is 320 Å². The predicted molar refractivity (Wildman–Crippen MR) is 616 cm³/mol. The molecule has 0 fully saturated rings. The molecule has 654 valence electrons. The van der Waals surface area contributed by atoms with E-state index in [4.69, 9.17) is 13.3 Å². The Morgan fingerprint density at radius 1 is 0.113 bits per heavy atom. The highest BCUT2D eigenvalue weighted by atomic mass is 32.1. The van der Waals surface area contributed by atoms with Gasteiger partial charge in [-0.25, -0.2) is 0 Å². The van der Waals surface area contributed by atoms with Crippen molar-refractivity contribution in [2.24, 2.45) is 0 Å². The van der Waals surface area contributed by atoms with Crippen molar-refractivity contribution in [3.8, 4) is 66.8 Å². The Morgan fingerprint density at radius 3 is 0.674 bits per heavy atom. The second-order valence-corrected chi connectivity index (χ2v) is 43.6. The van der Waals surface area contributed by atoms with Gasteiger partial charge in [0, 0.05) is 153 Å². The van der Waals surface area contributed by atoms with Crippen LogP contribution in [0.3, 0.4) is 0 Å². The van der Waals surface area contributed by atoms with Crippen LogP contribution in [0.25, 0.3) is 318 Å². The summed E-state index contributed by atoms with van der Waals surface area (Å²) in [5.74, 6) is 0. The lowest BCUT2D eigenvalue weighted by Crippen LogP contribution is -1.91. The maximum atomic E-state index is 6.50. The summed E-state index contributed by atoms with van der Waals surface area (Å²) >= 11 is 11.2. The van der Waals surface area contributed by atoms with Gasteiger partial charge in [-0.3, -0.25) is 0 Å².